The van der Waals surface area contributed by atoms with E-state index in [0.717, 1.165) is 15.6 Å². The number of hydrogen-bond donors (Lipinski definition) is 2. The van der Waals surface area contributed by atoms with Crippen LogP contribution in [0.4, 0.5) is 0 Å². The van der Waals surface area contributed by atoms with Crippen LogP contribution in [-0.2, 0) is 9.59 Å². The normalized spacial score (nSPS) is 10.8. The predicted octanol–water partition coefficient (Wildman–Crippen LogP) is 5.07. The van der Waals surface area contributed by atoms with E-state index in [2.05, 4.69) is 31.8 Å². The van der Waals surface area contributed by atoms with Crippen LogP contribution in [0.1, 0.15) is 33.0 Å². The van der Waals surface area contributed by atoms with E-state index in [9.17, 15) is 14.4 Å². The van der Waals surface area contributed by atoms with Crippen molar-refractivity contribution >= 4 is 39.9 Å². The highest BCUT2D eigenvalue weighted by molar-refractivity contribution is 9.10. The zero-order chi connectivity index (χ0) is 26.7. The van der Waals surface area contributed by atoms with Gasteiger partial charge in [-0.15, -0.1) is 0 Å². The third-order valence-corrected chi connectivity index (χ3v) is 6.00. The van der Waals surface area contributed by atoms with E-state index in [1.165, 1.54) is 6.21 Å². The Bertz CT molecular complexity index is 1390. The lowest BCUT2D eigenvalue weighted by atomic mass is 9.90. The second-order valence-corrected chi connectivity index (χ2v) is 9.15. The van der Waals surface area contributed by atoms with Gasteiger partial charge in [0.05, 0.1) is 24.2 Å². The van der Waals surface area contributed by atoms with Gasteiger partial charge in [0, 0.05) is 4.47 Å². The topological polar surface area (TPSA) is 96.9 Å². The van der Waals surface area contributed by atoms with Gasteiger partial charge < -0.3 is 10.1 Å². The SMILES string of the molecule is O=C(CNC(=O)C(c1ccccc1)c1ccccc1)NN=Cc1ccc(OC(=O)c2cccc(Br)c2)cc1. The second-order valence-electron chi connectivity index (χ2n) is 8.23. The van der Waals surface area contributed by atoms with Gasteiger partial charge in [0.25, 0.3) is 5.91 Å². The standard InChI is InChI=1S/C30H24BrN3O4/c31-25-13-7-12-24(18-25)30(37)38-26-16-14-21(15-17-26)19-33-34-27(35)20-32-29(36)28(22-8-3-1-4-9-22)23-10-5-2-6-11-23/h1-19,28H,20H2,(H,32,36)(H,34,35). The summed E-state index contributed by atoms with van der Waals surface area (Å²) in [6, 6.07) is 32.4. The van der Waals surface area contributed by atoms with Crippen molar-refractivity contribution in [2.24, 2.45) is 5.10 Å². The number of amides is 2. The van der Waals surface area contributed by atoms with E-state index in [-0.39, 0.29) is 12.5 Å². The molecule has 38 heavy (non-hydrogen) atoms. The highest BCUT2D eigenvalue weighted by Crippen LogP contribution is 2.24. The van der Waals surface area contributed by atoms with Gasteiger partial charge in [0.15, 0.2) is 0 Å². The summed E-state index contributed by atoms with van der Waals surface area (Å²) >= 11 is 3.33. The van der Waals surface area contributed by atoms with Crippen molar-refractivity contribution in [2.75, 3.05) is 6.54 Å². The first-order valence-corrected chi connectivity index (χ1v) is 12.6. The molecule has 0 radical (unpaired) electrons. The first kappa shape index (κ1) is 26.5. The lowest BCUT2D eigenvalue weighted by Crippen LogP contribution is -2.37. The van der Waals surface area contributed by atoms with Crippen molar-refractivity contribution < 1.29 is 19.1 Å². The number of benzene rings is 4. The zero-order valence-corrected chi connectivity index (χ0v) is 21.8. The molecule has 0 bridgehead atoms. The number of nitrogens with one attached hydrogen (secondary N) is 2. The first-order valence-electron chi connectivity index (χ1n) is 11.8. The Hall–Kier alpha value is -4.56. The van der Waals surface area contributed by atoms with Crippen molar-refractivity contribution in [3.63, 3.8) is 0 Å². The highest BCUT2D eigenvalue weighted by atomic mass is 79.9. The number of hydrogen-bond acceptors (Lipinski definition) is 5. The minimum atomic E-state index is -0.537. The molecule has 4 rings (SSSR count). The van der Waals surface area contributed by atoms with Crippen molar-refractivity contribution in [3.05, 3.63) is 136 Å². The van der Waals surface area contributed by atoms with Crippen LogP contribution in [0.2, 0.25) is 0 Å². The summed E-state index contributed by atoms with van der Waals surface area (Å²) in [7, 11) is 0. The summed E-state index contributed by atoms with van der Waals surface area (Å²) in [4.78, 5) is 37.5. The quantitative estimate of drug-likeness (QED) is 0.127. The van der Waals surface area contributed by atoms with Crippen molar-refractivity contribution in [1.82, 2.24) is 10.7 Å². The van der Waals surface area contributed by atoms with Crippen molar-refractivity contribution in [2.45, 2.75) is 5.92 Å². The zero-order valence-electron chi connectivity index (χ0n) is 20.2. The van der Waals surface area contributed by atoms with Gasteiger partial charge in [0.1, 0.15) is 5.75 Å². The molecule has 0 atom stereocenters. The Kier molecular flexibility index (Phi) is 9.15. The van der Waals surface area contributed by atoms with Gasteiger partial charge in [-0.25, -0.2) is 10.2 Å². The summed E-state index contributed by atoms with van der Waals surface area (Å²) in [5.74, 6) is -1.37. The molecule has 0 aromatic heterocycles. The number of hydrazone groups is 1. The summed E-state index contributed by atoms with van der Waals surface area (Å²) in [6.07, 6.45) is 1.45. The molecule has 2 N–H and O–H groups in total. The van der Waals surface area contributed by atoms with Gasteiger partial charge in [-0.05, 0) is 59.2 Å². The molecule has 0 spiro atoms. The van der Waals surface area contributed by atoms with Crippen molar-refractivity contribution in [1.29, 1.82) is 0 Å². The van der Waals surface area contributed by atoms with E-state index >= 15 is 0 Å². The molecule has 0 aliphatic rings. The Morgan fingerprint density at radius 3 is 2.05 bits per heavy atom. The molecule has 0 fully saturated rings. The Labute approximate surface area is 228 Å². The van der Waals surface area contributed by atoms with E-state index < -0.39 is 17.8 Å². The van der Waals surface area contributed by atoms with Gasteiger partial charge in [-0.1, -0.05) is 82.7 Å². The molecular weight excluding hydrogens is 546 g/mol. The highest BCUT2D eigenvalue weighted by Gasteiger charge is 2.22. The molecule has 2 amide bonds. The van der Waals surface area contributed by atoms with Crippen LogP contribution >= 0.6 is 15.9 Å². The lowest BCUT2D eigenvalue weighted by molar-refractivity contribution is -0.126. The van der Waals surface area contributed by atoms with E-state index in [1.807, 2.05) is 66.7 Å². The van der Waals surface area contributed by atoms with Crippen LogP contribution in [0.3, 0.4) is 0 Å². The number of carbonyl (C=O) groups excluding carboxylic acids is 3. The summed E-state index contributed by atoms with van der Waals surface area (Å²) in [5, 5.41) is 6.63. The van der Waals surface area contributed by atoms with Crippen LogP contribution in [-0.4, -0.2) is 30.5 Å². The maximum absolute atomic E-state index is 13.0. The van der Waals surface area contributed by atoms with E-state index in [0.29, 0.717) is 16.9 Å². The smallest absolute Gasteiger partial charge is 0.343 e. The molecule has 4 aromatic rings. The van der Waals surface area contributed by atoms with Crippen LogP contribution in [0.5, 0.6) is 5.75 Å². The predicted molar refractivity (Wildman–Crippen MR) is 149 cm³/mol. The van der Waals surface area contributed by atoms with E-state index in [1.54, 1.807) is 42.5 Å². The van der Waals surface area contributed by atoms with Crippen molar-refractivity contribution in [3.8, 4) is 5.75 Å². The average molecular weight is 570 g/mol. The number of halogens is 1. The second kappa shape index (κ2) is 13.1. The van der Waals surface area contributed by atoms with Crippen LogP contribution in [0, 0.1) is 0 Å². The number of nitrogens with zero attached hydrogens (tertiary/aromatic N) is 1. The minimum absolute atomic E-state index is 0.225. The van der Waals surface area contributed by atoms with Gasteiger partial charge in [-0.2, -0.15) is 5.10 Å². The van der Waals surface area contributed by atoms with Gasteiger partial charge >= 0.3 is 5.97 Å². The van der Waals surface area contributed by atoms with Crippen LogP contribution < -0.4 is 15.5 Å². The number of ether oxygens (including phenoxy) is 1. The van der Waals surface area contributed by atoms with Crippen LogP contribution in [0.25, 0.3) is 0 Å². The van der Waals surface area contributed by atoms with Crippen LogP contribution in [0.15, 0.2) is 119 Å². The number of esters is 1. The molecule has 8 heteroatoms. The fourth-order valence-corrected chi connectivity index (χ4v) is 4.08. The maximum atomic E-state index is 13.0. The summed E-state index contributed by atoms with van der Waals surface area (Å²) in [6.45, 7) is -0.225. The lowest BCUT2D eigenvalue weighted by Gasteiger charge is -2.17. The molecule has 190 valence electrons. The molecule has 7 nitrogen and oxygen atoms in total. The monoisotopic (exact) mass is 569 g/mol. The molecule has 0 heterocycles. The fourth-order valence-electron chi connectivity index (χ4n) is 3.68. The molecular formula is C30H24BrN3O4. The number of rotatable bonds is 9. The Morgan fingerprint density at radius 1 is 0.816 bits per heavy atom. The first-order chi connectivity index (χ1) is 18.5. The Balaban J connectivity index is 1.28. The van der Waals surface area contributed by atoms with Gasteiger partial charge in [0.2, 0.25) is 5.91 Å². The number of carbonyl (C=O) groups is 3. The average Bonchev–Trinajstić information content (AvgIpc) is 2.94. The third kappa shape index (κ3) is 7.47. The third-order valence-electron chi connectivity index (χ3n) is 5.51. The molecule has 0 aliphatic carbocycles. The summed E-state index contributed by atoms with van der Waals surface area (Å²) < 4.78 is 6.16. The molecule has 0 aliphatic heterocycles. The Morgan fingerprint density at radius 2 is 1.45 bits per heavy atom. The molecule has 0 saturated heterocycles. The van der Waals surface area contributed by atoms with E-state index in [4.69, 9.17) is 4.74 Å². The van der Waals surface area contributed by atoms with Gasteiger partial charge in [-0.3, -0.25) is 9.59 Å². The maximum Gasteiger partial charge on any atom is 0.343 e. The molecule has 0 unspecified atom stereocenters. The fraction of sp³-hybridized carbons (Fsp3) is 0.0667. The summed E-state index contributed by atoms with van der Waals surface area (Å²) in [5.41, 5.74) is 5.19. The molecule has 0 saturated carbocycles. The molecule has 4 aromatic carbocycles. The largest absolute Gasteiger partial charge is 0.423 e. The minimum Gasteiger partial charge on any atom is -0.423 e.